The second kappa shape index (κ2) is 8.53. The van der Waals surface area contributed by atoms with Crippen molar-refractivity contribution >= 4 is 17.0 Å². The molecule has 0 bridgehead atoms. The van der Waals surface area contributed by atoms with Crippen LogP contribution in [0.15, 0.2) is 42.6 Å². The van der Waals surface area contributed by atoms with Gasteiger partial charge in [-0.2, -0.15) is 0 Å². The van der Waals surface area contributed by atoms with E-state index < -0.39 is 11.7 Å². The molecule has 2 heterocycles. The van der Waals surface area contributed by atoms with E-state index in [2.05, 4.69) is 28.5 Å². The Morgan fingerprint density at radius 1 is 1.16 bits per heavy atom. The van der Waals surface area contributed by atoms with E-state index in [0.717, 1.165) is 33.6 Å². The van der Waals surface area contributed by atoms with E-state index in [1.807, 2.05) is 39.0 Å². The van der Waals surface area contributed by atoms with Crippen molar-refractivity contribution in [3.63, 3.8) is 0 Å². The molecule has 0 saturated heterocycles. The SMILES string of the molecule is COc1cc(C2CCC2)ccc1-c1ccc2cnc(CNC(=O)OC(C)(C)C)cc2n1. The molecule has 0 unspecified atom stereocenters. The lowest BCUT2D eigenvalue weighted by Crippen LogP contribution is -2.32. The van der Waals surface area contributed by atoms with Crippen LogP contribution < -0.4 is 10.1 Å². The molecule has 31 heavy (non-hydrogen) atoms. The molecular formula is C25H29N3O3. The van der Waals surface area contributed by atoms with E-state index in [-0.39, 0.29) is 6.54 Å². The summed E-state index contributed by atoms with van der Waals surface area (Å²) in [4.78, 5) is 21.2. The summed E-state index contributed by atoms with van der Waals surface area (Å²) >= 11 is 0. The maximum absolute atomic E-state index is 11.9. The molecule has 2 aromatic heterocycles. The van der Waals surface area contributed by atoms with Crippen LogP contribution in [0.5, 0.6) is 5.75 Å². The number of carbonyl (C=O) groups excluding carboxylic acids is 1. The number of carbonyl (C=O) groups is 1. The molecule has 0 atom stereocenters. The number of ether oxygens (including phenoxy) is 2. The fourth-order valence-corrected chi connectivity index (χ4v) is 3.70. The Bertz CT molecular complexity index is 1100. The molecule has 1 amide bonds. The smallest absolute Gasteiger partial charge is 0.407 e. The van der Waals surface area contributed by atoms with Crippen LogP contribution in [0.2, 0.25) is 0 Å². The molecule has 1 fully saturated rings. The predicted molar refractivity (Wildman–Crippen MR) is 121 cm³/mol. The number of nitrogens with zero attached hydrogens (tertiary/aromatic N) is 2. The highest BCUT2D eigenvalue weighted by Gasteiger charge is 2.21. The van der Waals surface area contributed by atoms with Crippen LogP contribution in [0.3, 0.4) is 0 Å². The molecule has 0 spiro atoms. The molecule has 1 saturated carbocycles. The van der Waals surface area contributed by atoms with Crippen molar-refractivity contribution in [2.45, 2.75) is 58.1 Å². The van der Waals surface area contributed by atoms with Crippen molar-refractivity contribution in [1.82, 2.24) is 15.3 Å². The maximum atomic E-state index is 11.9. The Morgan fingerprint density at radius 3 is 2.65 bits per heavy atom. The first-order valence-corrected chi connectivity index (χ1v) is 10.7. The first-order chi connectivity index (χ1) is 14.8. The first kappa shape index (κ1) is 21.1. The minimum absolute atomic E-state index is 0.274. The van der Waals surface area contributed by atoms with Gasteiger partial charge in [-0.1, -0.05) is 12.5 Å². The first-order valence-electron chi connectivity index (χ1n) is 10.7. The minimum Gasteiger partial charge on any atom is -0.496 e. The van der Waals surface area contributed by atoms with Gasteiger partial charge in [0, 0.05) is 17.1 Å². The Kier molecular flexibility index (Phi) is 5.81. The third-order valence-corrected chi connectivity index (χ3v) is 5.52. The summed E-state index contributed by atoms with van der Waals surface area (Å²) < 4.78 is 11.0. The lowest BCUT2D eigenvalue weighted by Gasteiger charge is -2.26. The van der Waals surface area contributed by atoms with Gasteiger partial charge in [0.2, 0.25) is 0 Å². The number of methoxy groups -OCH3 is 1. The summed E-state index contributed by atoms with van der Waals surface area (Å²) in [6, 6.07) is 12.3. The third-order valence-electron chi connectivity index (χ3n) is 5.52. The lowest BCUT2D eigenvalue weighted by atomic mass is 9.79. The second-order valence-electron chi connectivity index (χ2n) is 9.01. The minimum atomic E-state index is -0.537. The summed E-state index contributed by atoms with van der Waals surface area (Å²) in [5.74, 6) is 1.50. The van der Waals surface area contributed by atoms with E-state index in [0.29, 0.717) is 5.92 Å². The fourth-order valence-electron chi connectivity index (χ4n) is 3.70. The van der Waals surface area contributed by atoms with Crippen molar-refractivity contribution in [3.8, 4) is 17.0 Å². The second-order valence-corrected chi connectivity index (χ2v) is 9.01. The van der Waals surface area contributed by atoms with Gasteiger partial charge in [0.05, 0.1) is 30.6 Å². The van der Waals surface area contributed by atoms with Crippen LogP contribution >= 0.6 is 0 Å². The van der Waals surface area contributed by atoms with Gasteiger partial charge in [0.15, 0.2) is 0 Å². The zero-order valence-corrected chi connectivity index (χ0v) is 18.6. The number of aromatic nitrogens is 2. The van der Waals surface area contributed by atoms with Gasteiger partial charge in [-0.25, -0.2) is 9.78 Å². The molecule has 6 heteroatoms. The summed E-state index contributed by atoms with van der Waals surface area (Å²) in [7, 11) is 1.70. The van der Waals surface area contributed by atoms with E-state index >= 15 is 0 Å². The van der Waals surface area contributed by atoms with Crippen LogP contribution in [0.1, 0.15) is 57.2 Å². The van der Waals surface area contributed by atoms with Crippen LogP contribution in [0.25, 0.3) is 22.2 Å². The summed E-state index contributed by atoms with van der Waals surface area (Å²) in [6.07, 6.45) is 5.12. The number of hydrogen-bond donors (Lipinski definition) is 1. The number of alkyl carbamates (subject to hydrolysis) is 1. The molecule has 1 aromatic carbocycles. The number of pyridine rings is 2. The highest BCUT2D eigenvalue weighted by molar-refractivity contribution is 5.82. The van der Waals surface area contributed by atoms with Crippen molar-refractivity contribution < 1.29 is 14.3 Å². The van der Waals surface area contributed by atoms with Crippen molar-refractivity contribution in [2.24, 2.45) is 0 Å². The van der Waals surface area contributed by atoms with E-state index in [1.54, 1.807) is 13.3 Å². The molecule has 0 radical (unpaired) electrons. The monoisotopic (exact) mass is 419 g/mol. The third kappa shape index (κ3) is 4.95. The van der Waals surface area contributed by atoms with E-state index in [1.165, 1.54) is 24.8 Å². The molecule has 0 aliphatic heterocycles. The van der Waals surface area contributed by atoms with Crippen molar-refractivity contribution in [2.75, 3.05) is 7.11 Å². The molecule has 6 nitrogen and oxygen atoms in total. The molecule has 1 N–H and O–H groups in total. The highest BCUT2D eigenvalue weighted by Crippen LogP contribution is 2.40. The quantitative estimate of drug-likeness (QED) is 0.583. The number of amides is 1. The maximum Gasteiger partial charge on any atom is 0.407 e. The highest BCUT2D eigenvalue weighted by atomic mass is 16.6. The fraction of sp³-hybridized carbons (Fsp3) is 0.400. The van der Waals surface area contributed by atoms with Crippen LogP contribution in [0.4, 0.5) is 4.79 Å². The zero-order chi connectivity index (χ0) is 22.0. The predicted octanol–water partition coefficient (Wildman–Crippen LogP) is 5.60. The lowest BCUT2D eigenvalue weighted by molar-refractivity contribution is 0.0523. The Balaban J connectivity index is 1.56. The van der Waals surface area contributed by atoms with Gasteiger partial charge in [0.1, 0.15) is 11.4 Å². The van der Waals surface area contributed by atoms with Crippen molar-refractivity contribution in [1.29, 1.82) is 0 Å². The number of fused-ring (bicyclic) bond motifs is 1. The number of nitrogens with one attached hydrogen (secondary N) is 1. The normalized spacial score (nSPS) is 14.2. The average Bonchev–Trinajstić information content (AvgIpc) is 2.69. The van der Waals surface area contributed by atoms with Gasteiger partial charge >= 0.3 is 6.09 Å². The average molecular weight is 420 g/mol. The molecule has 162 valence electrons. The van der Waals surface area contributed by atoms with Gasteiger partial charge in [-0.3, -0.25) is 4.98 Å². The molecule has 1 aliphatic rings. The van der Waals surface area contributed by atoms with Crippen molar-refractivity contribution in [3.05, 3.63) is 53.9 Å². The van der Waals surface area contributed by atoms with Gasteiger partial charge in [-0.15, -0.1) is 0 Å². The summed E-state index contributed by atoms with van der Waals surface area (Å²) in [6.45, 7) is 5.77. The van der Waals surface area contributed by atoms with Gasteiger partial charge in [0.25, 0.3) is 0 Å². The molecule has 3 aromatic rings. The van der Waals surface area contributed by atoms with E-state index in [9.17, 15) is 4.79 Å². The van der Waals surface area contributed by atoms with Crippen LogP contribution in [-0.4, -0.2) is 28.8 Å². The Morgan fingerprint density at radius 2 is 1.97 bits per heavy atom. The summed E-state index contributed by atoms with van der Waals surface area (Å²) in [5, 5.41) is 3.68. The largest absolute Gasteiger partial charge is 0.496 e. The summed E-state index contributed by atoms with van der Waals surface area (Å²) in [5.41, 5.74) is 4.16. The number of benzene rings is 1. The van der Waals surface area contributed by atoms with Gasteiger partial charge < -0.3 is 14.8 Å². The zero-order valence-electron chi connectivity index (χ0n) is 18.6. The van der Waals surface area contributed by atoms with Crippen LogP contribution in [0, 0.1) is 0 Å². The topological polar surface area (TPSA) is 73.3 Å². The molecular weight excluding hydrogens is 390 g/mol. The van der Waals surface area contributed by atoms with E-state index in [4.69, 9.17) is 14.5 Å². The number of rotatable bonds is 5. The Labute approximate surface area is 183 Å². The Hall–Kier alpha value is -3.15. The molecule has 1 aliphatic carbocycles. The van der Waals surface area contributed by atoms with Crippen LogP contribution in [-0.2, 0) is 11.3 Å². The standard InChI is InChI=1S/C25H29N3O3/c1-25(2,3)31-24(29)27-15-19-13-22-18(14-26-19)9-11-21(28-22)20-10-8-17(12-23(20)30-4)16-6-5-7-16/h8-14,16H,5-7,15H2,1-4H3,(H,27,29). The van der Waals surface area contributed by atoms with Gasteiger partial charge in [-0.05, 0) is 75.4 Å². The molecule has 4 rings (SSSR count). The number of hydrogen-bond acceptors (Lipinski definition) is 5.